The third kappa shape index (κ3) is 6.23. The average Bonchev–Trinajstić information content (AvgIpc) is 2.38. The lowest BCUT2D eigenvalue weighted by molar-refractivity contribution is -0.204. The van der Waals surface area contributed by atoms with Gasteiger partial charge < -0.3 is 18.9 Å². The molecule has 0 N–H and O–H groups in total. The summed E-state index contributed by atoms with van der Waals surface area (Å²) in [4.78, 5) is 33.6. The van der Waals surface area contributed by atoms with Crippen LogP contribution in [0.4, 0.5) is 0 Å². The highest BCUT2D eigenvalue weighted by Crippen LogP contribution is 2.31. The Balaban J connectivity index is 2.89. The van der Waals surface area contributed by atoms with Gasteiger partial charge in [-0.3, -0.25) is 14.4 Å². The number of rotatable bonds is 6. The molecule has 126 valence electrons. The smallest absolute Gasteiger partial charge is 0.303 e. The molecule has 1 aliphatic heterocycles. The van der Waals surface area contributed by atoms with E-state index in [1.54, 1.807) is 11.8 Å². The molecule has 0 saturated carbocycles. The van der Waals surface area contributed by atoms with Gasteiger partial charge in [0, 0.05) is 27.2 Å². The molecule has 8 heteroatoms. The first-order chi connectivity index (χ1) is 10.3. The van der Waals surface area contributed by atoms with Gasteiger partial charge in [0.05, 0.1) is 0 Å². The molecule has 0 aromatic carbocycles. The summed E-state index contributed by atoms with van der Waals surface area (Å²) in [7, 11) is 0. The van der Waals surface area contributed by atoms with Crippen LogP contribution >= 0.6 is 11.8 Å². The highest BCUT2D eigenvalue weighted by Gasteiger charge is 2.43. The topological polar surface area (TPSA) is 88.1 Å². The summed E-state index contributed by atoms with van der Waals surface area (Å²) >= 11 is 1.55. The van der Waals surface area contributed by atoms with E-state index < -0.39 is 36.2 Å². The molecule has 1 unspecified atom stereocenters. The van der Waals surface area contributed by atoms with Gasteiger partial charge in [-0.1, -0.05) is 6.92 Å². The Kier molecular flexibility index (Phi) is 7.67. The predicted octanol–water partition coefficient (Wildman–Crippen LogP) is 1.28. The second-order valence-corrected chi connectivity index (χ2v) is 6.26. The first-order valence-electron chi connectivity index (χ1n) is 7.08. The molecule has 22 heavy (non-hydrogen) atoms. The highest BCUT2D eigenvalue weighted by atomic mass is 32.2. The minimum absolute atomic E-state index is 0.0637. The molecule has 1 fully saturated rings. The molecule has 0 spiro atoms. The van der Waals surface area contributed by atoms with E-state index in [4.69, 9.17) is 18.9 Å². The van der Waals surface area contributed by atoms with Crippen molar-refractivity contribution in [3.8, 4) is 0 Å². The van der Waals surface area contributed by atoms with Crippen LogP contribution in [-0.2, 0) is 33.3 Å². The number of esters is 3. The lowest BCUT2D eigenvalue weighted by atomic mass is 10.0. The number of hydrogen-bond donors (Lipinski definition) is 0. The van der Waals surface area contributed by atoms with Crippen molar-refractivity contribution in [2.24, 2.45) is 0 Å². The van der Waals surface area contributed by atoms with Gasteiger partial charge in [0.25, 0.3) is 0 Å². The number of hydrogen-bond acceptors (Lipinski definition) is 8. The van der Waals surface area contributed by atoms with Gasteiger partial charge in [0.15, 0.2) is 6.10 Å². The summed E-state index contributed by atoms with van der Waals surface area (Å²) in [6.45, 7) is 5.76. The SMILES string of the molecule is CCSC1C[C@@H](OC(C)=O)[C@@H](OC(C)=O)[C@@H](COC(C)=O)O1. The molecule has 1 rings (SSSR count). The van der Waals surface area contributed by atoms with Crippen molar-refractivity contribution in [2.45, 2.75) is 57.9 Å². The first kappa shape index (κ1) is 18.8. The van der Waals surface area contributed by atoms with Crippen LogP contribution in [0.3, 0.4) is 0 Å². The Morgan fingerprint density at radius 1 is 1.09 bits per heavy atom. The molecule has 1 aliphatic rings. The molecule has 0 aromatic heterocycles. The monoisotopic (exact) mass is 334 g/mol. The Morgan fingerprint density at radius 2 is 1.73 bits per heavy atom. The van der Waals surface area contributed by atoms with E-state index in [0.717, 1.165) is 5.75 Å². The van der Waals surface area contributed by atoms with Crippen LogP contribution in [0.25, 0.3) is 0 Å². The van der Waals surface area contributed by atoms with E-state index in [1.165, 1.54) is 20.8 Å². The van der Waals surface area contributed by atoms with Crippen molar-refractivity contribution < 1.29 is 33.3 Å². The zero-order valence-electron chi connectivity index (χ0n) is 13.2. The molecule has 0 radical (unpaired) electrons. The molecule has 0 bridgehead atoms. The van der Waals surface area contributed by atoms with Crippen molar-refractivity contribution >= 4 is 29.7 Å². The summed E-state index contributed by atoms with van der Waals surface area (Å²) in [5.41, 5.74) is -0.221. The summed E-state index contributed by atoms with van der Waals surface area (Å²) in [5, 5.41) is 0. The molecule has 4 atom stereocenters. The normalized spacial score (nSPS) is 27.8. The first-order valence-corrected chi connectivity index (χ1v) is 8.13. The van der Waals surface area contributed by atoms with Crippen LogP contribution in [0.2, 0.25) is 0 Å². The van der Waals surface area contributed by atoms with Crippen LogP contribution < -0.4 is 0 Å². The molecule has 0 aromatic rings. The summed E-state index contributed by atoms with van der Waals surface area (Å²) in [6.07, 6.45) is -1.68. The molecule has 0 amide bonds. The second-order valence-electron chi connectivity index (χ2n) is 4.82. The van der Waals surface area contributed by atoms with E-state index in [2.05, 4.69) is 0 Å². The van der Waals surface area contributed by atoms with E-state index in [9.17, 15) is 14.4 Å². The van der Waals surface area contributed by atoms with Crippen LogP contribution in [0.15, 0.2) is 0 Å². The molecule has 1 saturated heterocycles. The third-order valence-electron chi connectivity index (χ3n) is 2.91. The van der Waals surface area contributed by atoms with Crippen molar-refractivity contribution in [1.29, 1.82) is 0 Å². The predicted molar refractivity (Wildman–Crippen MR) is 79.2 cm³/mol. The molecular weight excluding hydrogens is 312 g/mol. The van der Waals surface area contributed by atoms with E-state index in [-0.39, 0.29) is 12.0 Å². The van der Waals surface area contributed by atoms with E-state index >= 15 is 0 Å². The van der Waals surface area contributed by atoms with Gasteiger partial charge >= 0.3 is 17.9 Å². The van der Waals surface area contributed by atoms with Gasteiger partial charge in [-0.05, 0) is 5.75 Å². The van der Waals surface area contributed by atoms with E-state index in [0.29, 0.717) is 6.42 Å². The number of carbonyl (C=O) groups excluding carboxylic acids is 3. The Hall–Kier alpha value is -1.28. The van der Waals surface area contributed by atoms with Gasteiger partial charge in [-0.15, -0.1) is 11.8 Å². The Bertz CT molecular complexity index is 412. The fourth-order valence-corrected chi connectivity index (χ4v) is 3.11. The summed E-state index contributed by atoms with van der Waals surface area (Å²) < 4.78 is 21.3. The lowest BCUT2D eigenvalue weighted by Gasteiger charge is -2.39. The third-order valence-corrected chi connectivity index (χ3v) is 3.92. The van der Waals surface area contributed by atoms with Crippen molar-refractivity contribution in [2.75, 3.05) is 12.4 Å². The molecule has 7 nitrogen and oxygen atoms in total. The highest BCUT2D eigenvalue weighted by molar-refractivity contribution is 7.99. The average molecular weight is 334 g/mol. The minimum Gasteiger partial charge on any atom is -0.463 e. The van der Waals surface area contributed by atoms with Crippen molar-refractivity contribution in [3.63, 3.8) is 0 Å². The van der Waals surface area contributed by atoms with Gasteiger partial charge in [0.1, 0.15) is 24.3 Å². The summed E-state index contributed by atoms with van der Waals surface area (Å²) in [6, 6.07) is 0. The number of carbonyl (C=O) groups is 3. The number of ether oxygens (including phenoxy) is 4. The maximum atomic E-state index is 11.3. The largest absolute Gasteiger partial charge is 0.463 e. The molecule has 0 aliphatic carbocycles. The quantitative estimate of drug-likeness (QED) is 0.530. The van der Waals surface area contributed by atoms with Crippen molar-refractivity contribution in [1.82, 2.24) is 0 Å². The zero-order chi connectivity index (χ0) is 16.7. The zero-order valence-corrected chi connectivity index (χ0v) is 14.0. The second kappa shape index (κ2) is 8.99. The number of thioether (sulfide) groups is 1. The van der Waals surface area contributed by atoms with Gasteiger partial charge in [0.2, 0.25) is 0 Å². The van der Waals surface area contributed by atoms with Crippen LogP contribution in [0, 0.1) is 0 Å². The van der Waals surface area contributed by atoms with Gasteiger partial charge in [-0.2, -0.15) is 0 Å². The maximum absolute atomic E-state index is 11.3. The standard InChI is InChI=1S/C14H22O7S/c1-5-22-13-6-11(19-9(3)16)14(20-10(4)17)12(21-13)7-18-8(2)15/h11-14H,5-7H2,1-4H3/t11-,12-,13?,14-/m1/s1. The van der Waals surface area contributed by atoms with Crippen LogP contribution in [-0.4, -0.2) is 54.0 Å². The maximum Gasteiger partial charge on any atom is 0.303 e. The molecular formula is C14H22O7S. The van der Waals surface area contributed by atoms with Crippen molar-refractivity contribution in [3.05, 3.63) is 0 Å². The summed E-state index contributed by atoms with van der Waals surface area (Å²) in [5.74, 6) is -0.620. The molecule has 1 heterocycles. The lowest BCUT2D eigenvalue weighted by Crippen LogP contribution is -2.53. The van der Waals surface area contributed by atoms with Gasteiger partial charge in [-0.25, -0.2) is 0 Å². The van der Waals surface area contributed by atoms with Crippen LogP contribution in [0.1, 0.15) is 34.1 Å². The fraction of sp³-hybridized carbons (Fsp3) is 0.786. The van der Waals surface area contributed by atoms with E-state index in [1.807, 2.05) is 6.92 Å². The van der Waals surface area contributed by atoms with Crippen LogP contribution in [0.5, 0.6) is 0 Å². The Labute approximate surface area is 134 Å². The fourth-order valence-electron chi connectivity index (χ4n) is 2.19. The minimum atomic E-state index is -0.797. The Morgan fingerprint density at radius 3 is 2.23 bits per heavy atom.